The highest BCUT2D eigenvalue weighted by Gasteiger charge is 1.88. The van der Waals surface area contributed by atoms with Crippen LogP contribution < -0.4 is 5.32 Å². The van der Waals surface area contributed by atoms with Gasteiger partial charge < -0.3 is 5.32 Å². The molecule has 1 heterocycles. The van der Waals surface area contributed by atoms with Crippen LogP contribution in [0.1, 0.15) is 0 Å². The molecule has 9 heavy (non-hydrogen) atoms. The van der Waals surface area contributed by atoms with Crippen molar-refractivity contribution in [2.75, 3.05) is 12.4 Å². The Labute approximate surface area is 60.5 Å². The molecule has 1 aromatic heterocycles. The van der Waals surface area contributed by atoms with Gasteiger partial charge in [-0.2, -0.15) is 5.10 Å². The van der Waals surface area contributed by atoms with Crippen LogP contribution in [-0.4, -0.2) is 16.8 Å². The maximum Gasteiger partial charge on any atom is 0.123 e. The summed E-state index contributed by atoms with van der Waals surface area (Å²) in [6.07, 6.45) is 1.76. The number of nitrogens with zero attached hydrogens (tertiary/aromatic N) is 2. The molecule has 0 saturated heterocycles. The minimum Gasteiger partial charge on any atom is -0.373 e. The molecular weight excluding hydrogens is 138 g/mol. The lowest BCUT2D eigenvalue weighted by atomic mass is 10.6. The second-order valence-corrected chi connectivity index (χ2v) is 1.59. The summed E-state index contributed by atoms with van der Waals surface area (Å²) in [7, 11) is 3.77. The van der Waals surface area contributed by atoms with Crippen molar-refractivity contribution < 1.29 is 0 Å². The summed E-state index contributed by atoms with van der Waals surface area (Å²) in [5, 5.41) is 6.92. The van der Waals surface area contributed by atoms with Gasteiger partial charge >= 0.3 is 0 Å². The summed E-state index contributed by atoms with van der Waals surface area (Å²) in [4.78, 5) is 0. The monoisotopic (exact) mass is 147 g/mol. The van der Waals surface area contributed by atoms with Crippen molar-refractivity contribution in [2.24, 2.45) is 7.05 Å². The molecule has 0 aromatic carbocycles. The number of aryl methyl sites for hydroxylation is 1. The van der Waals surface area contributed by atoms with E-state index in [1.54, 1.807) is 10.9 Å². The van der Waals surface area contributed by atoms with Gasteiger partial charge in [0.1, 0.15) is 5.82 Å². The van der Waals surface area contributed by atoms with E-state index in [9.17, 15) is 0 Å². The van der Waals surface area contributed by atoms with Gasteiger partial charge in [-0.05, 0) is 0 Å². The van der Waals surface area contributed by atoms with E-state index >= 15 is 0 Å². The molecule has 0 atom stereocenters. The fourth-order valence-electron chi connectivity index (χ4n) is 0.619. The topological polar surface area (TPSA) is 29.9 Å². The van der Waals surface area contributed by atoms with Crippen molar-refractivity contribution in [2.45, 2.75) is 0 Å². The summed E-state index contributed by atoms with van der Waals surface area (Å²) in [6.45, 7) is 0. The number of hydrogen-bond donors (Lipinski definition) is 1. The van der Waals surface area contributed by atoms with E-state index in [-0.39, 0.29) is 12.4 Å². The minimum atomic E-state index is 0. The summed E-state index contributed by atoms with van der Waals surface area (Å²) in [6, 6.07) is 1.92. The van der Waals surface area contributed by atoms with E-state index < -0.39 is 0 Å². The number of anilines is 1. The van der Waals surface area contributed by atoms with Crippen LogP contribution in [-0.2, 0) is 7.05 Å². The molecule has 0 aliphatic carbocycles. The predicted octanol–water partition coefficient (Wildman–Crippen LogP) is 0.884. The minimum absolute atomic E-state index is 0. The lowest BCUT2D eigenvalue weighted by molar-refractivity contribution is 0.775. The fourth-order valence-corrected chi connectivity index (χ4v) is 0.619. The molecular formula is C5H10ClN3. The molecule has 1 aromatic rings. The van der Waals surface area contributed by atoms with Crippen LogP contribution in [0.4, 0.5) is 5.82 Å². The van der Waals surface area contributed by atoms with E-state index in [1.807, 2.05) is 20.2 Å². The molecule has 0 fully saturated rings. The van der Waals surface area contributed by atoms with E-state index in [0.29, 0.717) is 0 Å². The Morgan fingerprint density at radius 2 is 2.33 bits per heavy atom. The Hall–Kier alpha value is -0.700. The number of nitrogens with one attached hydrogen (secondary N) is 1. The molecule has 0 bridgehead atoms. The first-order chi connectivity index (χ1) is 3.84. The highest BCUT2D eigenvalue weighted by molar-refractivity contribution is 5.85. The molecule has 0 spiro atoms. The fraction of sp³-hybridized carbons (Fsp3) is 0.400. The van der Waals surface area contributed by atoms with Crippen LogP contribution in [0, 0.1) is 0 Å². The zero-order chi connectivity index (χ0) is 5.98. The van der Waals surface area contributed by atoms with Crippen molar-refractivity contribution in [3.63, 3.8) is 0 Å². The third kappa shape index (κ3) is 1.61. The van der Waals surface area contributed by atoms with E-state index in [4.69, 9.17) is 0 Å². The number of halogens is 1. The quantitative estimate of drug-likeness (QED) is 0.639. The Balaban J connectivity index is 0.000000640. The third-order valence-electron chi connectivity index (χ3n) is 1.08. The Kier molecular flexibility index (Phi) is 3.09. The third-order valence-corrected chi connectivity index (χ3v) is 1.08. The van der Waals surface area contributed by atoms with Gasteiger partial charge in [-0.25, -0.2) is 0 Å². The average Bonchev–Trinajstić information content (AvgIpc) is 2.14. The van der Waals surface area contributed by atoms with Gasteiger partial charge in [-0.15, -0.1) is 12.4 Å². The Morgan fingerprint density at radius 3 is 2.56 bits per heavy atom. The average molecular weight is 148 g/mol. The summed E-state index contributed by atoms with van der Waals surface area (Å²) in [5.41, 5.74) is 0. The molecule has 0 aliphatic heterocycles. The lowest BCUT2D eigenvalue weighted by Gasteiger charge is -1.96. The first-order valence-electron chi connectivity index (χ1n) is 2.50. The van der Waals surface area contributed by atoms with E-state index in [0.717, 1.165) is 5.82 Å². The molecule has 0 saturated carbocycles. The van der Waals surface area contributed by atoms with Gasteiger partial charge in [0.25, 0.3) is 0 Å². The zero-order valence-electron chi connectivity index (χ0n) is 5.46. The second kappa shape index (κ2) is 3.35. The van der Waals surface area contributed by atoms with Gasteiger partial charge in [0.15, 0.2) is 0 Å². The van der Waals surface area contributed by atoms with Crippen molar-refractivity contribution in [3.05, 3.63) is 12.3 Å². The molecule has 0 amide bonds. The maximum absolute atomic E-state index is 3.94. The molecule has 0 aliphatic rings. The number of hydrogen-bond acceptors (Lipinski definition) is 2. The standard InChI is InChI=1S/C5H9N3.ClH/c1-6-5-3-4-7-8(5)2;/h3-4,6H,1-2H3;1H. The molecule has 0 unspecified atom stereocenters. The van der Waals surface area contributed by atoms with Gasteiger partial charge in [0.05, 0.1) is 6.20 Å². The Morgan fingerprint density at radius 1 is 1.67 bits per heavy atom. The van der Waals surface area contributed by atoms with Crippen LogP contribution >= 0.6 is 12.4 Å². The maximum atomic E-state index is 3.94. The van der Waals surface area contributed by atoms with Crippen molar-refractivity contribution >= 4 is 18.2 Å². The molecule has 52 valence electrons. The van der Waals surface area contributed by atoms with Gasteiger partial charge in [-0.1, -0.05) is 0 Å². The van der Waals surface area contributed by atoms with Gasteiger partial charge in [0, 0.05) is 20.2 Å². The van der Waals surface area contributed by atoms with Crippen molar-refractivity contribution in [1.82, 2.24) is 9.78 Å². The molecule has 1 N–H and O–H groups in total. The predicted molar refractivity (Wildman–Crippen MR) is 40.0 cm³/mol. The van der Waals surface area contributed by atoms with Crippen LogP contribution in [0.5, 0.6) is 0 Å². The summed E-state index contributed by atoms with van der Waals surface area (Å²) in [5.74, 6) is 1.03. The van der Waals surface area contributed by atoms with Crippen LogP contribution in [0.15, 0.2) is 12.3 Å². The van der Waals surface area contributed by atoms with Crippen molar-refractivity contribution in [1.29, 1.82) is 0 Å². The highest BCUT2D eigenvalue weighted by atomic mass is 35.5. The van der Waals surface area contributed by atoms with E-state index in [2.05, 4.69) is 10.4 Å². The first kappa shape index (κ1) is 8.30. The molecule has 4 heteroatoms. The lowest BCUT2D eigenvalue weighted by Crippen LogP contribution is -1.97. The summed E-state index contributed by atoms with van der Waals surface area (Å²) < 4.78 is 1.78. The zero-order valence-corrected chi connectivity index (χ0v) is 6.27. The number of aromatic nitrogens is 2. The first-order valence-corrected chi connectivity index (χ1v) is 2.50. The van der Waals surface area contributed by atoms with Crippen LogP contribution in [0.3, 0.4) is 0 Å². The smallest absolute Gasteiger partial charge is 0.123 e. The Bertz CT molecular complexity index is 172. The van der Waals surface area contributed by atoms with Crippen LogP contribution in [0.2, 0.25) is 0 Å². The summed E-state index contributed by atoms with van der Waals surface area (Å²) >= 11 is 0. The SMILES string of the molecule is CNc1ccnn1C.Cl. The van der Waals surface area contributed by atoms with Gasteiger partial charge in [-0.3, -0.25) is 4.68 Å². The second-order valence-electron chi connectivity index (χ2n) is 1.59. The number of rotatable bonds is 1. The molecule has 1 rings (SSSR count). The van der Waals surface area contributed by atoms with Gasteiger partial charge in [0.2, 0.25) is 0 Å². The normalized spacial score (nSPS) is 8.22. The van der Waals surface area contributed by atoms with E-state index in [1.165, 1.54) is 0 Å². The molecule has 3 nitrogen and oxygen atoms in total. The van der Waals surface area contributed by atoms with Crippen LogP contribution in [0.25, 0.3) is 0 Å². The molecule has 0 radical (unpaired) electrons. The van der Waals surface area contributed by atoms with Crippen molar-refractivity contribution in [3.8, 4) is 0 Å². The largest absolute Gasteiger partial charge is 0.373 e. The highest BCUT2D eigenvalue weighted by Crippen LogP contribution is 1.99.